The fourth-order valence-electron chi connectivity index (χ4n) is 6.81. The second-order valence-corrected chi connectivity index (χ2v) is 23.5. The molecule has 15 nitrogen and oxygen atoms in total. The number of nitriles is 1. The summed E-state index contributed by atoms with van der Waals surface area (Å²) in [5.74, 6) is -3.31. The first-order valence-electron chi connectivity index (χ1n) is 16.2. The van der Waals surface area contributed by atoms with Crippen molar-refractivity contribution < 1.29 is 39.2 Å². The number of anilines is 1. The first kappa shape index (κ1) is 38.9. The minimum atomic E-state index is -5.76. The number of imidazole rings is 1. The summed E-state index contributed by atoms with van der Waals surface area (Å²) in [7, 11) is -9.19. The van der Waals surface area contributed by atoms with Crippen LogP contribution in [-0.4, -0.2) is 105 Å². The molecule has 49 heavy (non-hydrogen) atoms. The zero-order valence-corrected chi connectivity index (χ0v) is 31.5. The van der Waals surface area contributed by atoms with Crippen molar-refractivity contribution in [2.45, 2.75) is 108 Å². The van der Waals surface area contributed by atoms with E-state index in [0.29, 0.717) is 5.56 Å². The maximum absolute atomic E-state index is 13.3. The average Bonchev–Trinajstić information content (AvgIpc) is 3.52. The van der Waals surface area contributed by atoms with Gasteiger partial charge >= 0.3 is 270 Å². The fourth-order valence-corrected chi connectivity index (χ4v) is 13.6. The van der Waals surface area contributed by atoms with Crippen LogP contribution >= 0.6 is 7.43 Å². The summed E-state index contributed by atoms with van der Waals surface area (Å²) < 4.78 is 15.3. The SMILES string of the molecule is CC(C)N(C(C)C)P(O)(O)(CCC#N)O[C@@]1(O)[C@@H](CO)O[C@@H](n2cnc3c(NC(=O)c4ccccc4)ncnc32)[C@@]1(O)[Si](C)(C)C(C)(C)C. The molecule has 1 aliphatic heterocycles. The monoisotopic (exact) mass is 719 g/mol. The van der Waals surface area contributed by atoms with Gasteiger partial charge in [-0.3, -0.25) is 0 Å². The number of hydrogen-bond donors (Lipinski definition) is 6. The van der Waals surface area contributed by atoms with E-state index < -0.39 is 74.6 Å². The molecule has 0 spiro atoms. The van der Waals surface area contributed by atoms with Gasteiger partial charge in [0, 0.05) is 0 Å². The predicted octanol–water partition coefficient (Wildman–Crippen LogP) is 3.68. The van der Waals surface area contributed by atoms with Gasteiger partial charge in [-0.1, -0.05) is 18.2 Å². The number of amides is 1. The van der Waals surface area contributed by atoms with Crippen LogP contribution in [0.2, 0.25) is 18.1 Å². The Labute approximate surface area is 287 Å². The summed E-state index contributed by atoms with van der Waals surface area (Å²) in [6.07, 6.45) is -1.67. The third kappa shape index (κ3) is 6.42. The molecule has 4 atom stereocenters. The Kier molecular flexibility index (Phi) is 10.6. The standard InChI is InChI=1S/C32H50N7O8PSi/c1-21(2)39(22(3)4)48(44,45,17-13-16-33)47-31(42)24(18-40)46-29(32(31,43)49(8,9)30(5,6)7)38-20-36-25-26(34-19-35-27(25)38)37-28(41)23-14-11-10-12-15-23/h10-12,14-15,19-22,24,29,40,42-45H,13,17-18H2,1-9H3,(H,34,35,37,41)/t24-,29-,31+,32-/m1/s1. The Morgan fingerprint density at radius 2 is 1.76 bits per heavy atom. The zero-order chi connectivity index (χ0) is 36.8. The number of aliphatic hydroxyl groups is 3. The molecule has 0 unspecified atom stereocenters. The van der Waals surface area contributed by atoms with Crippen molar-refractivity contribution in [2.75, 3.05) is 18.1 Å². The van der Waals surface area contributed by atoms with Crippen LogP contribution in [0.1, 0.15) is 71.5 Å². The van der Waals surface area contributed by atoms with Gasteiger partial charge in [0.2, 0.25) is 0 Å². The van der Waals surface area contributed by atoms with E-state index in [2.05, 4.69) is 20.3 Å². The number of carbonyl (C=O) groups is 1. The summed E-state index contributed by atoms with van der Waals surface area (Å²) in [4.78, 5) is 50.9. The maximum atomic E-state index is 13.3. The van der Waals surface area contributed by atoms with Crippen molar-refractivity contribution in [1.82, 2.24) is 24.2 Å². The minimum absolute atomic E-state index is 0.0772. The second-order valence-electron chi connectivity index (χ2n) is 14.7. The summed E-state index contributed by atoms with van der Waals surface area (Å²) in [6.45, 7) is 15.2. The molecular formula is C32H50N7O8PSi. The third-order valence-corrected chi connectivity index (χ3v) is 19.7. The number of nitrogens with one attached hydrogen (secondary N) is 1. The van der Waals surface area contributed by atoms with Gasteiger partial charge in [0.15, 0.2) is 0 Å². The van der Waals surface area contributed by atoms with Crippen LogP contribution in [0.15, 0.2) is 43.0 Å². The molecule has 1 saturated heterocycles. The number of carbonyl (C=O) groups excluding carboxylic acids is 1. The van der Waals surface area contributed by atoms with Crippen LogP contribution < -0.4 is 5.32 Å². The summed E-state index contributed by atoms with van der Waals surface area (Å²) in [6, 6.07) is 9.36. The Morgan fingerprint density at radius 1 is 1.14 bits per heavy atom. The third-order valence-electron chi connectivity index (χ3n) is 9.97. The summed E-state index contributed by atoms with van der Waals surface area (Å²) in [5.41, 5.74) is 0.645. The van der Waals surface area contributed by atoms with Gasteiger partial charge in [0.05, 0.1) is 0 Å². The number of aromatic nitrogens is 4. The van der Waals surface area contributed by atoms with Gasteiger partial charge in [0.1, 0.15) is 0 Å². The molecule has 0 aliphatic carbocycles. The molecular weight excluding hydrogens is 669 g/mol. The molecule has 1 aliphatic rings. The number of benzene rings is 1. The van der Waals surface area contributed by atoms with E-state index in [0.717, 1.165) is 0 Å². The topological polar surface area (TPSA) is 219 Å². The fraction of sp³-hybridized carbons (Fsp3) is 0.594. The van der Waals surface area contributed by atoms with Gasteiger partial charge in [-0.25, -0.2) is 0 Å². The van der Waals surface area contributed by atoms with Crippen LogP contribution in [0.3, 0.4) is 0 Å². The molecule has 4 rings (SSSR count). The van der Waals surface area contributed by atoms with E-state index in [4.69, 9.17) is 9.26 Å². The molecule has 1 amide bonds. The number of aliphatic hydroxyl groups excluding tert-OH is 1. The molecule has 1 aromatic carbocycles. The molecule has 1 fully saturated rings. The molecule has 2 aromatic heterocycles. The quantitative estimate of drug-likeness (QED) is 0.0895. The van der Waals surface area contributed by atoms with Crippen molar-refractivity contribution in [2.24, 2.45) is 0 Å². The Morgan fingerprint density at radius 3 is 2.29 bits per heavy atom. The van der Waals surface area contributed by atoms with E-state index in [9.17, 15) is 35.2 Å². The number of rotatable bonds is 12. The van der Waals surface area contributed by atoms with Crippen molar-refractivity contribution in [3.63, 3.8) is 0 Å². The van der Waals surface area contributed by atoms with Gasteiger partial charge < -0.3 is 0 Å². The Hall–Kier alpha value is -2.94. The van der Waals surface area contributed by atoms with Crippen molar-refractivity contribution in [1.29, 1.82) is 5.26 Å². The van der Waals surface area contributed by atoms with Crippen LogP contribution in [0.4, 0.5) is 5.82 Å². The first-order valence-corrected chi connectivity index (χ1v) is 21.4. The molecule has 0 bridgehead atoms. The van der Waals surface area contributed by atoms with Gasteiger partial charge in [0.25, 0.3) is 0 Å². The number of ether oxygens (including phenoxy) is 1. The van der Waals surface area contributed by atoms with Crippen molar-refractivity contribution >= 4 is 38.4 Å². The molecule has 6 N–H and O–H groups in total. The zero-order valence-electron chi connectivity index (χ0n) is 29.6. The van der Waals surface area contributed by atoms with Crippen molar-refractivity contribution in [3.8, 4) is 6.07 Å². The number of nitrogens with zero attached hydrogens (tertiary/aromatic N) is 6. The van der Waals surface area contributed by atoms with E-state index in [1.165, 1.54) is 21.9 Å². The second kappa shape index (κ2) is 13.3. The van der Waals surface area contributed by atoms with Gasteiger partial charge in [-0.05, 0) is 0 Å². The van der Waals surface area contributed by atoms with Gasteiger partial charge in [-0.2, -0.15) is 0 Å². The first-order chi connectivity index (χ1) is 22.6. The van der Waals surface area contributed by atoms with E-state index in [1.54, 1.807) is 71.1 Å². The van der Waals surface area contributed by atoms with Gasteiger partial charge in [-0.15, -0.1) is 0 Å². The molecule has 3 aromatic rings. The summed E-state index contributed by atoms with van der Waals surface area (Å²) >= 11 is 0. The van der Waals surface area contributed by atoms with Crippen LogP contribution in [-0.2, 0) is 9.26 Å². The molecule has 3 heterocycles. The number of fused-ring (bicyclic) bond motifs is 1. The van der Waals surface area contributed by atoms with Crippen LogP contribution in [0.25, 0.3) is 11.2 Å². The van der Waals surface area contributed by atoms with Crippen LogP contribution in [0.5, 0.6) is 0 Å². The Bertz CT molecular complexity index is 1700. The van der Waals surface area contributed by atoms with Crippen molar-refractivity contribution in [3.05, 3.63) is 48.5 Å². The van der Waals surface area contributed by atoms with E-state index in [-0.39, 0.29) is 23.4 Å². The summed E-state index contributed by atoms with van der Waals surface area (Å²) in [5, 5.41) is 46.0. The number of hydrogen-bond acceptors (Lipinski definition) is 13. The molecule has 270 valence electrons. The molecule has 0 radical (unpaired) electrons. The average molecular weight is 720 g/mol. The normalized spacial score (nSPS) is 24.4. The molecule has 0 saturated carbocycles. The molecule has 17 heteroatoms. The van der Waals surface area contributed by atoms with Crippen LogP contribution in [0, 0.1) is 11.3 Å². The van der Waals surface area contributed by atoms with E-state index in [1.807, 2.05) is 26.8 Å². The Balaban J connectivity index is 1.96. The van der Waals surface area contributed by atoms with E-state index >= 15 is 0 Å². The predicted molar refractivity (Wildman–Crippen MR) is 187 cm³/mol.